The van der Waals surface area contributed by atoms with E-state index in [2.05, 4.69) is 15.6 Å². The second-order valence-corrected chi connectivity index (χ2v) is 10.6. The van der Waals surface area contributed by atoms with Crippen LogP contribution in [0.4, 0.5) is 10.8 Å². The Balaban J connectivity index is 1.30. The highest BCUT2D eigenvalue weighted by Gasteiger charge is 2.23. The maximum Gasteiger partial charge on any atom is 0.255 e. The minimum atomic E-state index is -0.479. The van der Waals surface area contributed by atoms with Crippen LogP contribution in [0.5, 0.6) is 0 Å². The standard InChI is InChI=1S/C31H25N3O2S2/c1-21-10-8-9-15-26(21)29(35)32-24-16-18-25(19-17-24)38-28(23-13-6-3-7-14-23)30(36)34-31-33-27(20-37-31)22-11-4-2-5-12-22/h2-20,28H,1H3,(H,32,35)(H,33,34,36). The van der Waals surface area contributed by atoms with E-state index < -0.39 is 5.25 Å². The number of rotatable bonds is 8. The predicted molar refractivity (Wildman–Crippen MR) is 157 cm³/mol. The molecule has 0 radical (unpaired) electrons. The highest BCUT2D eigenvalue weighted by Crippen LogP contribution is 2.37. The molecule has 0 bridgehead atoms. The van der Waals surface area contributed by atoms with Crippen molar-refractivity contribution in [3.63, 3.8) is 0 Å². The zero-order chi connectivity index (χ0) is 26.3. The topological polar surface area (TPSA) is 71.1 Å². The summed E-state index contributed by atoms with van der Waals surface area (Å²) in [5, 5.41) is 7.98. The van der Waals surface area contributed by atoms with Crippen LogP contribution in [-0.4, -0.2) is 16.8 Å². The lowest BCUT2D eigenvalue weighted by atomic mass is 10.1. The number of nitrogens with zero attached hydrogens (tertiary/aromatic N) is 1. The molecule has 0 aliphatic heterocycles. The molecule has 4 aromatic carbocycles. The molecule has 188 valence electrons. The number of aromatic nitrogens is 1. The minimum absolute atomic E-state index is 0.146. The molecule has 0 saturated heterocycles. The summed E-state index contributed by atoms with van der Waals surface area (Å²) in [6.07, 6.45) is 0. The number of carbonyl (C=O) groups is 2. The number of anilines is 2. The highest BCUT2D eigenvalue weighted by molar-refractivity contribution is 8.00. The molecule has 2 amide bonds. The quantitative estimate of drug-likeness (QED) is 0.199. The van der Waals surface area contributed by atoms with E-state index in [0.29, 0.717) is 16.4 Å². The second kappa shape index (κ2) is 11.9. The summed E-state index contributed by atoms with van der Waals surface area (Å²) in [5.41, 5.74) is 4.99. The van der Waals surface area contributed by atoms with Gasteiger partial charge < -0.3 is 10.6 Å². The Labute approximate surface area is 230 Å². The molecule has 1 aromatic heterocycles. The van der Waals surface area contributed by atoms with E-state index in [1.54, 1.807) is 0 Å². The third-order valence-corrected chi connectivity index (χ3v) is 7.92. The predicted octanol–water partition coefficient (Wildman–Crippen LogP) is 7.84. The average molecular weight is 536 g/mol. The normalized spacial score (nSPS) is 11.5. The molecule has 5 rings (SSSR count). The first kappa shape index (κ1) is 25.4. The number of carbonyl (C=O) groups excluding carboxylic acids is 2. The van der Waals surface area contributed by atoms with Crippen molar-refractivity contribution < 1.29 is 9.59 Å². The summed E-state index contributed by atoms with van der Waals surface area (Å²) in [7, 11) is 0. The molecule has 0 aliphatic rings. The summed E-state index contributed by atoms with van der Waals surface area (Å²) in [6.45, 7) is 1.91. The third kappa shape index (κ3) is 6.19. The zero-order valence-corrected chi connectivity index (χ0v) is 22.3. The first-order chi connectivity index (χ1) is 18.6. The first-order valence-corrected chi connectivity index (χ1v) is 13.8. The Morgan fingerprint density at radius 1 is 0.789 bits per heavy atom. The molecule has 0 fully saturated rings. The lowest BCUT2D eigenvalue weighted by Crippen LogP contribution is -2.19. The van der Waals surface area contributed by atoms with Gasteiger partial charge >= 0.3 is 0 Å². The van der Waals surface area contributed by atoms with Gasteiger partial charge in [-0.25, -0.2) is 4.98 Å². The van der Waals surface area contributed by atoms with Gasteiger partial charge in [0.2, 0.25) is 5.91 Å². The maximum absolute atomic E-state index is 13.4. The Kier molecular flexibility index (Phi) is 7.97. The molecule has 2 N–H and O–H groups in total. The molecule has 5 aromatic rings. The Morgan fingerprint density at radius 3 is 2.16 bits per heavy atom. The Bertz CT molecular complexity index is 1530. The van der Waals surface area contributed by atoms with E-state index in [1.807, 2.05) is 121 Å². The van der Waals surface area contributed by atoms with Gasteiger partial charge in [-0.3, -0.25) is 9.59 Å². The van der Waals surface area contributed by atoms with E-state index >= 15 is 0 Å². The molecule has 1 atom stereocenters. The van der Waals surface area contributed by atoms with Gasteiger partial charge in [0, 0.05) is 27.1 Å². The van der Waals surface area contributed by atoms with Gasteiger partial charge in [0.15, 0.2) is 5.13 Å². The molecular formula is C31H25N3O2S2. The molecule has 0 saturated carbocycles. The van der Waals surface area contributed by atoms with Crippen LogP contribution in [0.25, 0.3) is 11.3 Å². The van der Waals surface area contributed by atoms with Crippen LogP contribution in [0.15, 0.2) is 119 Å². The van der Waals surface area contributed by atoms with Gasteiger partial charge in [-0.15, -0.1) is 23.1 Å². The van der Waals surface area contributed by atoms with Gasteiger partial charge in [-0.1, -0.05) is 78.9 Å². The van der Waals surface area contributed by atoms with Crippen molar-refractivity contribution in [2.45, 2.75) is 17.1 Å². The van der Waals surface area contributed by atoms with Crippen molar-refractivity contribution in [1.29, 1.82) is 0 Å². The van der Waals surface area contributed by atoms with Crippen LogP contribution in [0.3, 0.4) is 0 Å². The van der Waals surface area contributed by atoms with Crippen LogP contribution >= 0.6 is 23.1 Å². The number of nitrogens with one attached hydrogen (secondary N) is 2. The fraction of sp³-hybridized carbons (Fsp3) is 0.0645. The summed E-state index contributed by atoms with van der Waals surface area (Å²) >= 11 is 2.86. The fourth-order valence-electron chi connectivity index (χ4n) is 3.92. The molecule has 0 aliphatic carbocycles. The van der Waals surface area contributed by atoms with Crippen LogP contribution in [0.1, 0.15) is 26.7 Å². The number of benzene rings is 4. The molecule has 1 heterocycles. The largest absolute Gasteiger partial charge is 0.322 e. The number of thiazole rings is 1. The molecule has 5 nitrogen and oxygen atoms in total. The number of hydrogen-bond donors (Lipinski definition) is 2. The molecule has 38 heavy (non-hydrogen) atoms. The molecule has 0 spiro atoms. The Hall–Kier alpha value is -4.20. The monoisotopic (exact) mass is 535 g/mol. The van der Waals surface area contributed by atoms with E-state index in [-0.39, 0.29) is 11.8 Å². The number of thioether (sulfide) groups is 1. The average Bonchev–Trinajstić information content (AvgIpc) is 3.42. The third-order valence-electron chi connectivity index (χ3n) is 5.90. The number of aryl methyl sites for hydroxylation is 1. The minimum Gasteiger partial charge on any atom is -0.322 e. The van der Waals surface area contributed by atoms with Crippen molar-refractivity contribution in [1.82, 2.24) is 4.98 Å². The first-order valence-electron chi connectivity index (χ1n) is 12.1. The Morgan fingerprint density at radius 2 is 1.45 bits per heavy atom. The summed E-state index contributed by atoms with van der Waals surface area (Å²) in [4.78, 5) is 31.6. The number of amides is 2. The van der Waals surface area contributed by atoms with Gasteiger partial charge in [-0.2, -0.15) is 0 Å². The summed E-state index contributed by atoms with van der Waals surface area (Å²) < 4.78 is 0. The van der Waals surface area contributed by atoms with Crippen molar-refractivity contribution in [2.75, 3.05) is 10.6 Å². The lowest BCUT2D eigenvalue weighted by Gasteiger charge is -2.16. The van der Waals surface area contributed by atoms with Crippen LogP contribution in [-0.2, 0) is 4.79 Å². The van der Waals surface area contributed by atoms with E-state index in [4.69, 9.17) is 0 Å². The van der Waals surface area contributed by atoms with Gasteiger partial charge in [0.1, 0.15) is 5.25 Å². The molecule has 1 unspecified atom stereocenters. The van der Waals surface area contributed by atoms with Crippen molar-refractivity contribution >= 4 is 45.7 Å². The van der Waals surface area contributed by atoms with Crippen molar-refractivity contribution in [2.24, 2.45) is 0 Å². The van der Waals surface area contributed by atoms with Crippen LogP contribution in [0.2, 0.25) is 0 Å². The number of hydrogen-bond acceptors (Lipinski definition) is 5. The summed E-state index contributed by atoms with van der Waals surface area (Å²) in [6, 6.07) is 34.6. The van der Waals surface area contributed by atoms with Crippen LogP contribution < -0.4 is 10.6 Å². The zero-order valence-electron chi connectivity index (χ0n) is 20.6. The van der Waals surface area contributed by atoms with Gasteiger partial charge in [0.25, 0.3) is 5.91 Å². The smallest absolute Gasteiger partial charge is 0.255 e. The van der Waals surface area contributed by atoms with Crippen LogP contribution in [0, 0.1) is 6.92 Å². The van der Waals surface area contributed by atoms with E-state index in [9.17, 15) is 9.59 Å². The lowest BCUT2D eigenvalue weighted by molar-refractivity contribution is -0.115. The maximum atomic E-state index is 13.4. The molecule has 7 heteroatoms. The molecular weight excluding hydrogens is 510 g/mol. The SMILES string of the molecule is Cc1ccccc1C(=O)Nc1ccc(SC(C(=O)Nc2nc(-c3ccccc3)cs2)c2ccccc2)cc1. The summed E-state index contributed by atoms with van der Waals surface area (Å²) in [5.74, 6) is -0.296. The van der Waals surface area contributed by atoms with Gasteiger partial charge in [-0.05, 0) is 48.4 Å². The van der Waals surface area contributed by atoms with E-state index in [0.717, 1.165) is 27.3 Å². The van der Waals surface area contributed by atoms with Crippen molar-refractivity contribution in [3.8, 4) is 11.3 Å². The van der Waals surface area contributed by atoms with Gasteiger partial charge in [0.05, 0.1) is 5.69 Å². The van der Waals surface area contributed by atoms with E-state index in [1.165, 1.54) is 23.1 Å². The second-order valence-electron chi connectivity index (χ2n) is 8.60. The highest BCUT2D eigenvalue weighted by atomic mass is 32.2. The fourth-order valence-corrected chi connectivity index (χ4v) is 5.67. The van der Waals surface area contributed by atoms with Crippen molar-refractivity contribution in [3.05, 3.63) is 131 Å².